The van der Waals surface area contributed by atoms with E-state index in [1.165, 1.54) is 5.56 Å². The minimum absolute atomic E-state index is 0.335. The summed E-state index contributed by atoms with van der Waals surface area (Å²) in [6, 6.07) is 11.6. The minimum Gasteiger partial charge on any atom is -0.471 e. The second-order valence-electron chi connectivity index (χ2n) is 6.64. The van der Waals surface area contributed by atoms with Crippen molar-refractivity contribution >= 4 is 28.3 Å². The quantitative estimate of drug-likeness (QED) is 0.605. The summed E-state index contributed by atoms with van der Waals surface area (Å²) in [7, 11) is 0. The molecular weight excluding hydrogens is 350 g/mol. The molecule has 2 aromatic carbocycles. The fourth-order valence-corrected chi connectivity index (χ4v) is 3.88. The molecule has 134 valence electrons. The van der Waals surface area contributed by atoms with E-state index in [1.807, 2.05) is 18.2 Å². The lowest BCUT2D eigenvalue weighted by atomic mass is 10.0. The van der Waals surface area contributed by atoms with E-state index in [0.29, 0.717) is 29.6 Å². The number of para-hydroxylation sites is 1. The van der Waals surface area contributed by atoms with Gasteiger partial charge in [-0.25, -0.2) is 4.79 Å². The van der Waals surface area contributed by atoms with Crippen molar-refractivity contribution in [2.24, 2.45) is 0 Å². The molecule has 0 atom stereocenters. The van der Waals surface area contributed by atoms with Crippen LogP contribution in [0.15, 0.2) is 45.6 Å². The van der Waals surface area contributed by atoms with Crippen molar-refractivity contribution in [1.29, 1.82) is 0 Å². The van der Waals surface area contributed by atoms with Crippen LogP contribution < -0.4 is 15.3 Å². The van der Waals surface area contributed by atoms with Gasteiger partial charge in [-0.15, -0.1) is 0 Å². The molecule has 26 heavy (non-hydrogen) atoms. The lowest BCUT2D eigenvalue weighted by molar-refractivity contribution is 0.289. The van der Waals surface area contributed by atoms with Crippen LogP contribution in [0, 0.1) is 6.92 Å². The number of ether oxygens (including phenoxy) is 1. The first-order valence-corrected chi connectivity index (χ1v) is 9.17. The van der Waals surface area contributed by atoms with Crippen molar-refractivity contribution in [2.45, 2.75) is 33.2 Å². The fraction of sp³-hybridized carbons (Fsp3) is 0.286. The molecule has 0 fully saturated rings. The van der Waals surface area contributed by atoms with Crippen molar-refractivity contribution in [3.05, 3.63) is 68.5 Å². The average Bonchev–Trinajstić information content (AvgIpc) is 2.63. The van der Waals surface area contributed by atoms with E-state index in [4.69, 9.17) is 20.8 Å². The number of hydrogen-bond acceptors (Lipinski definition) is 4. The van der Waals surface area contributed by atoms with Gasteiger partial charge in [-0.1, -0.05) is 43.1 Å². The Labute approximate surface area is 156 Å². The van der Waals surface area contributed by atoms with Gasteiger partial charge >= 0.3 is 5.63 Å². The predicted molar refractivity (Wildman–Crippen MR) is 104 cm³/mol. The zero-order valence-corrected chi connectivity index (χ0v) is 15.6. The highest BCUT2D eigenvalue weighted by atomic mass is 35.5. The average molecular weight is 370 g/mol. The van der Waals surface area contributed by atoms with E-state index >= 15 is 0 Å². The van der Waals surface area contributed by atoms with Crippen LogP contribution in [-0.2, 0) is 13.0 Å². The summed E-state index contributed by atoms with van der Waals surface area (Å²) < 4.78 is 11.6. The molecule has 0 aliphatic carbocycles. The van der Waals surface area contributed by atoms with Crippen LogP contribution in [0.25, 0.3) is 11.0 Å². The number of nitrogens with zero attached hydrogens (tertiary/aromatic N) is 1. The summed E-state index contributed by atoms with van der Waals surface area (Å²) in [4.78, 5) is 14.2. The van der Waals surface area contributed by atoms with Gasteiger partial charge in [0, 0.05) is 17.1 Å². The molecule has 4 rings (SSSR count). The normalized spacial score (nSPS) is 13.6. The largest absolute Gasteiger partial charge is 0.471 e. The summed E-state index contributed by atoms with van der Waals surface area (Å²) in [6.45, 7) is 5.14. The zero-order valence-electron chi connectivity index (χ0n) is 14.8. The lowest BCUT2D eigenvalue weighted by Gasteiger charge is -2.32. The van der Waals surface area contributed by atoms with Crippen LogP contribution in [0.5, 0.6) is 5.75 Å². The molecule has 0 amide bonds. The maximum absolute atomic E-state index is 12.1. The Balaban J connectivity index is 1.89. The number of fused-ring (bicyclic) bond motifs is 3. The summed E-state index contributed by atoms with van der Waals surface area (Å²) in [5, 5.41) is 1.45. The maximum Gasteiger partial charge on any atom is 0.336 e. The Bertz CT molecular complexity index is 1040. The van der Waals surface area contributed by atoms with Crippen LogP contribution in [0.2, 0.25) is 5.02 Å². The van der Waals surface area contributed by atoms with E-state index < -0.39 is 0 Å². The first kappa shape index (κ1) is 17.0. The van der Waals surface area contributed by atoms with Crippen molar-refractivity contribution in [3.63, 3.8) is 0 Å². The molecule has 0 radical (unpaired) electrons. The van der Waals surface area contributed by atoms with Gasteiger partial charge in [-0.2, -0.15) is 0 Å². The third kappa shape index (κ3) is 2.84. The van der Waals surface area contributed by atoms with E-state index in [1.54, 1.807) is 6.07 Å². The standard InChI is InChI=1S/C21H20ClNO3/c1-3-6-14-9-19(24)26-20-15(14)10-17(22)21-16(20)11-23(12-25-21)18-8-5-4-7-13(18)2/h4-5,7-10H,3,6,11-12H2,1-2H3. The van der Waals surface area contributed by atoms with Crippen LogP contribution in [0.1, 0.15) is 30.0 Å². The highest BCUT2D eigenvalue weighted by Crippen LogP contribution is 2.40. The molecule has 0 saturated heterocycles. The smallest absolute Gasteiger partial charge is 0.336 e. The monoisotopic (exact) mass is 369 g/mol. The number of rotatable bonds is 3. The lowest BCUT2D eigenvalue weighted by Crippen LogP contribution is -2.32. The molecule has 2 heterocycles. The Morgan fingerprint density at radius 2 is 2.04 bits per heavy atom. The van der Waals surface area contributed by atoms with Crippen molar-refractivity contribution in [1.82, 2.24) is 0 Å². The number of hydrogen-bond donors (Lipinski definition) is 0. The van der Waals surface area contributed by atoms with Crippen LogP contribution in [-0.4, -0.2) is 6.73 Å². The molecule has 1 aliphatic heterocycles. The van der Waals surface area contributed by atoms with Gasteiger partial charge in [0.25, 0.3) is 0 Å². The van der Waals surface area contributed by atoms with E-state index in [0.717, 1.165) is 35.0 Å². The fourth-order valence-electron chi connectivity index (χ4n) is 3.60. The number of aryl methyl sites for hydroxylation is 2. The number of benzene rings is 2. The Kier molecular flexibility index (Phi) is 4.37. The van der Waals surface area contributed by atoms with Gasteiger partial charge in [0.1, 0.15) is 11.3 Å². The van der Waals surface area contributed by atoms with Gasteiger partial charge in [0.05, 0.1) is 17.1 Å². The molecule has 0 bridgehead atoms. The first-order chi connectivity index (χ1) is 12.6. The van der Waals surface area contributed by atoms with Gasteiger partial charge in [0.15, 0.2) is 6.73 Å². The molecule has 1 aromatic heterocycles. The molecule has 4 nitrogen and oxygen atoms in total. The van der Waals surface area contributed by atoms with Crippen LogP contribution >= 0.6 is 11.6 Å². The highest BCUT2D eigenvalue weighted by Gasteiger charge is 2.26. The Morgan fingerprint density at radius 3 is 2.81 bits per heavy atom. The first-order valence-electron chi connectivity index (χ1n) is 8.80. The number of anilines is 1. The van der Waals surface area contributed by atoms with Crippen LogP contribution in [0.4, 0.5) is 5.69 Å². The Morgan fingerprint density at radius 1 is 1.23 bits per heavy atom. The molecule has 0 spiro atoms. The van der Waals surface area contributed by atoms with Crippen molar-refractivity contribution in [3.8, 4) is 5.75 Å². The SMILES string of the molecule is CCCc1cc(=O)oc2c3c(c(Cl)cc12)OCN(c1ccccc1C)C3. The van der Waals surface area contributed by atoms with Gasteiger partial charge < -0.3 is 14.1 Å². The minimum atomic E-state index is -0.335. The van der Waals surface area contributed by atoms with Gasteiger partial charge in [-0.05, 0) is 36.6 Å². The second kappa shape index (κ2) is 6.69. The van der Waals surface area contributed by atoms with E-state index in [2.05, 4.69) is 30.9 Å². The van der Waals surface area contributed by atoms with E-state index in [-0.39, 0.29) is 5.63 Å². The molecule has 0 N–H and O–H groups in total. The summed E-state index contributed by atoms with van der Waals surface area (Å²) in [6.07, 6.45) is 1.75. The summed E-state index contributed by atoms with van der Waals surface area (Å²) in [5.74, 6) is 0.612. The van der Waals surface area contributed by atoms with Crippen LogP contribution in [0.3, 0.4) is 0 Å². The predicted octanol–water partition coefficient (Wildman–Crippen LogP) is 5.06. The zero-order chi connectivity index (χ0) is 18.3. The summed E-state index contributed by atoms with van der Waals surface area (Å²) in [5.41, 5.74) is 4.31. The van der Waals surface area contributed by atoms with Crippen molar-refractivity contribution in [2.75, 3.05) is 11.6 Å². The third-order valence-corrected chi connectivity index (χ3v) is 5.09. The van der Waals surface area contributed by atoms with Gasteiger partial charge in [-0.3, -0.25) is 0 Å². The second-order valence-corrected chi connectivity index (χ2v) is 7.05. The van der Waals surface area contributed by atoms with Gasteiger partial charge in [0.2, 0.25) is 0 Å². The molecule has 1 aliphatic rings. The molecule has 3 aromatic rings. The Hall–Kier alpha value is -2.46. The topological polar surface area (TPSA) is 42.7 Å². The van der Waals surface area contributed by atoms with E-state index in [9.17, 15) is 4.79 Å². The maximum atomic E-state index is 12.1. The summed E-state index contributed by atoms with van der Waals surface area (Å²) >= 11 is 6.49. The van der Waals surface area contributed by atoms with Crippen molar-refractivity contribution < 1.29 is 9.15 Å². The molecular formula is C21H20ClNO3. The third-order valence-electron chi connectivity index (χ3n) is 4.81. The highest BCUT2D eigenvalue weighted by molar-refractivity contribution is 6.33. The number of halogens is 1. The molecule has 0 unspecified atom stereocenters. The molecule has 0 saturated carbocycles. The molecule has 5 heteroatoms.